The molecular weight excluding hydrogens is 234 g/mol. The molecule has 2 aliphatic rings. The summed E-state index contributed by atoms with van der Waals surface area (Å²) >= 11 is 0. The van der Waals surface area contributed by atoms with Crippen LogP contribution >= 0.6 is 0 Å². The van der Waals surface area contributed by atoms with E-state index < -0.39 is 0 Å². The second-order valence-electron chi connectivity index (χ2n) is 6.89. The van der Waals surface area contributed by atoms with Crippen molar-refractivity contribution in [3.05, 3.63) is 28.8 Å². The number of fused-ring (bicyclic) bond motifs is 1. The highest BCUT2D eigenvalue weighted by Gasteiger charge is 2.26. The van der Waals surface area contributed by atoms with Crippen LogP contribution in [0.5, 0.6) is 5.75 Å². The Kier molecular flexibility index (Phi) is 3.30. The van der Waals surface area contributed by atoms with Crippen molar-refractivity contribution in [1.29, 1.82) is 0 Å². The van der Waals surface area contributed by atoms with Crippen LogP contribution in [0.3, 0.4) is 0 Å². The molecule has 1 fully saturated rings. The third-order valence-corrected chi connectivity index (χ3v) is 4.37. The Hall–Kier alpha value is -1.02. The van der Waals surface area contributed by atoms with Crippen molar-refractivity contribution < 1.29 is 4.74 Å². The first-order chi connectivity index (χ1) is 9.05. The Balaban J connectivity index is 2.08. The molecule has 3 rings (SSSR count). The van der Waals surface area contributed by atoms with Gasteiger partial charge in [0.25, 0.3) is 0 Å². The van der Waals surface area contributed by atoms with Crippen LogP contribution in [-0.2, 0) is 11.8 Å². The summed E-state index contributed by atoms with van der Waals surface area (Å²) in [7, 11) is 0. The fraction of sp³-hybridized carbons (Fsp3) is 0.647. The van der Waals surface area contributed by atoms with E-state index in [1.54, 1.807) is 0 Å². The molecule has 0 aromatic heterocycles. The second kappa shape index (κ2) is 4.82. The van der Waals surface area contributed by atoms with Crippen LogP contribution < -0.4 is 10.1 Å². The molecule has 104 valence electrons. The first-order valence-electron chi connectivity index (χ1n) is 7.59. The molecule has 19 heavy (non-hydrogen) atoms. The first-order valence-corrected chi connectivity index (χ1v) is 7.59. The number of hydrogen-bond acceptors (Lipinski definition) is 2. The van der Waals surface area contributed by atoms with E-state index in [4.69, 9.17) is 4.74 Å². The highest BCUT2D eigenvalue weighted by molar-refractivity contribution is 5.48. The lowest BCUT2D eigenvalue weighted by molar-refractivity contribution is 0.285. The summed E-state index contributed by atoms with van der Waals surface area (Å²) in [6, 6.07) is 5.24. The van der Waals surface area contributed by atoms with E-state index in [9.17, 15) is 0 Å². The predicted octanol–water partition coefficient (Wildman–Crippen LogP) is 3.73. The first kappa shape index (κ1) is 13.0. The molecular formula is C17H25NO. The van der Waals surface area contributed by atoms with Gasteiger partial charge in [0.05, 0.1) is 6.61 Å². The number of nitrogens with one attached hydrogen (secondary N) is 1. The van der Waals surface area contributed by atoms with Crippen molar-refractivity contribution in [3.63, 3.8) is 0 Å². The van der Waals surface area contributed by atoms with Gasteiger partial charge < -0.3 is 10.1 Å². The molecule has 0 radical (unpaired) electrons. The molecule has 0 aliphatic carbocycles. The second-order valence-corrected chi connectivity index (χ2v) is 6.89. The molecule has 2 heteroatoms. The third kappa shape index (κ3) is 2.51. The van der Waals surface area contributed by atoms with Crippen LogP contribution in [0.4, 0.5) is 0 Å². The molecule has 1 unspecified atom stereocenters. The van der Waals surface area contributed by atoms with E-state index in [0.717, 1.165) is 25.3 Å². The maximum Gasteiger partial charge on any atom is 0.123 e. The molecule has 2 nitrogen and oxygen atoms in total. The van der Waals surface area contributed by atoms with Gasteiger partial charge in [-0.25, -0.2) is 0 Å². The number of ether oxygens (including phenoxy) is 1. The van der Waals surface area contributed by atoms with Gasteiger partial charge in [-0.2, -0.15) is 0 Å². The van der Waals surface area contributed by atoms with Crippen LogP contribution in [0.2, 0.25) is 0 Å². The summed E-state index contributed by atoms with van der Waals surface area (Å²) in [5.41, 5.74) is 4.54. The topological polar surface area (TPSA) is 21.3 Å². The van der Waals surface area contributed by atoms with Crippen LogP contribution in [-0.4, -0.2) is 13.2 Å². The summed E-state index contributed by atoms with van der Waals surface area (Å²) < 4.78 is 5.93. The Morgan fingerprint density at radius 1 is 1.21 bits per heavy atom. The van der Waals surface area contributed by atoms with Crippen LogP contribution in [0, 0.1) is 0 Å². The minimum Gasteiger partial charge on any atom is -0.493 e. The van der Waals surface area contributed by atoms with Crippen molar-refractivity contribution in [2.24, 2.45) is 0 Å². The fourth-order valence-electron chi connectivity index (χ4n) is 3.19. The van der Waals surface area contributed by atoms with E-state index in [1.165, 1.54) is 36.0 Å². The smallest absolute Gasteiger partial charge is 0.123 e. The maximum atomic E-state index is 5.93. The molecule has 0 spiro atoms. The van der Waals surface area contributed by atoms with E-state index in [1.807, 2.05) is 0 Å². The monoisotopic (exact) mass is 259 g/mol. The van der Waals surface area contributed by atoms with Gasteiger partial charge in [-0.1, -0.05) is 26.8 Å². The summed E-state index contributed by atoms with van der Waals surface area (Å²) in [6.45, 7) is 8.87. The van der Waals surface area contributed by atoms with Gasteiger partial charge in [0, 0.05) is 6.04 Å². The predicted molar refractivity (Wildman–Crippen MR) is 78.9 cm³/mol. The Bertz CT molecular complexity index is 467. The third-order valence-electron chi connectivity index (χ3n) is 4.37. The van der Waals surface area contributed by atoms with Crippen LogP contribution in [0.25, 0.3) is 0 Å². The van der Waals surface area contributed by atoms with E-state index >= 15 is 0 Å². The fourth-order valence-corrected chi connectivity index (χ4v) is 3.19. The number of hydrogen-bond donors (Lipinski definition) is 1. The maximum absolute atomic E-state index is 5.93. The molecule has 1 aromatic rings. The normalized spacial score (nSPS) is 23.0. The highest BCUT2D eigenvalue weighted by atomic mass is 16.5. The minimum absolute atomic E-state index is 0.184. The zero-order chi connectivity index (χ0) is 13.5. The highest BCUT2D eigenvalue weighted by Crippen LogP contribution is 2.38. The van der Waals surface area contributed by atoms with Gasteiger partial charge in [-0.05, 0) is 60.4 Å². The molecule has 0 bridgehead atoms. The Morgan fingerprint density at radius 3 is 2.74 bits per heavy atom. The van der Waals surface area contributed by atoms with Crippen molar-refractivity contribution in [3.8, 4) is 5.75 Å². The number of benzene rings is 1. The zero-order valence-corrected chi connectivity index (χ0v) is 12.4. The van der Waals surface area contributed by atoms with Crippen molar-refractivity contribution >= 4 is 0 Å². The van der Waals surface area contributed by atoms with Gasteiger partial charge in [0.15, 0.2) is 0 Å². The van der Waals surface area contributed by atoms with Crippen molar-refractivity contribution in [2.45, 2.75) is 57.9 Å². The van der Waals surface area contributed by atoms with Gasteiger partial charge in [-0.15, -0.1) is 0 Å². The zero-order valence-electron chi connectivity index (χ0n) is 12.4. The van der Waals surface area contributed by atoms with Crippen LogP contribution in [0.1, 0.15) is 62.8 Å². The lowest BCUT2D eigenvalue weighted by Gasteiger charge is -2.28. The molecule has 0 saturated carbocycles. The van der Waals surface area contributed by atoms with E-state index in [-0.39, 0.29) is 5.41 Å². The molecule has 1 atom stereocenters. The quantitative estimate of drug-likeness (QED) is 0.829. The summed E-state index contributed by atoms with van der Waals surface area (Å²) in [5, 5.41) is 3.65. The average molecular weight is 259 g/mol. The largest absolute Gasteiger partial charge is 0.493 e. The van der Waals surface area contributed by atoms with Crippen molar-refractivity contribution in [1.82, 2.24) is 5.32 Å². The molecule has 1 aromatic carbocycles. The molecule has 1 saturated heterocycles. The Labute approximate surface area is 116 Å². The van der Waals surface area contributed by atoms with E-state index in [0.29, 0.717) is 6.04 Å². The Morgan fingerprint density at radius 2 is 2.05 bits per heavy atom. The van der Waals surface area contributed by atoms with Crippen LogP contribution in [0.15, 0.2) is 12.1 Å². The van der Waals surface area contributed by atoms with Gasteiger partial charge in [-0.3, -0.25) is 0 Å². The van der Waals surface area contributed by atoms with Gasteiger partial charge in [0.2, 0.25) is 0 Å². The van der Waals surface area contributed by atoms with Crippen molar-refractivity contribution in [2.75, 3.05) is 13.2 Å². The van der Waals surface area contributed by atoms with Gasteiger partial charge in [0.1, 0.15) is 5.75 Å². The standard InChI is InChI=1S/C17H25NO/c1-17(2,3)12-10-14(15-7-4-8-18-15)13-6-5-9-19-16(13)11-12/h10-11,15,18H,4-9H2,1-3H3. The molecule has 1 N–H and O–H groups in total. The molecule has 2 heterocycles. The van der Waals surface area contributed by atoms with E-state index in [2.05, 4.69) is 38.2 Å². The summed E-state index contributed by atoms with van der Waals surface area (Å²) in [6.07, 6.45) is 4.88. The lowest BCUT2D eigenvalue weighted by Crippen LogP contribution is -2.21. The van der Waals surface area contributed by atoms with Gasteiger partial charge >= 0.3 is 0 Å². The minimum atomic E-state index is 0.184. The summed E-state index contributed by atoms with van der Waals surface area (Å²) in [5.74, 6) is 1.14. The molecule has 0 amide bonds. The molecule has 2 aliphatic heterocycles. The summed E-state index contributed by atoms with van der Waals surface area (Å²) in [4.78, 5) is 0. The number of rotatable bonds is 1. The average Bonchev–Trinajstić information content (AvgIpc) is 2.90. The lowest BCUT2D eigenvalue weighted by atomic mass is 9.82. The SMILES string of the molecule is CC(C)(C)c1cc2c(c(C3CCCN3)c1)CCCO2.